The first kappa shape index (κ1) is 14.0. The molecule has 0 aliphatic rings. The van der Waals surface area contributed by atoms with Crippen molar-refractivity contribution in [3.05, 3.63) is 40.7 Å². The van der Waals surface area contributed by atoms with Crippen molar-refractivity contribution in [1.82, 2.24) is 25.2 Å². The molecule has 3 aromatic heterocycles. The van der Waals surface area contributed by atoms with Gasteiger partial charge in [0.25, 0.3) is 0 Å². The SMILES string of the molecule is Cc1cnn(C[C@@H](C)NCc2nc(-c3ccsc3)no2)c1. The summed E-state index contributed by atoms with van der Waals surface area (Å²) in [6, 6.07) is 2.25. The highest BCUT2D eigenvalue weighted by atomic mass is 32.1. The summed E-state index contributed by atoms with van der Waals surface area (Å²) in [5.74, 6) is 1.24. The molecule has 0 spiro atoms. The zero-order chi connectivity index (χ0) is 14.7. The normalized spacial score (nSPS) is 12.7. The third-order valence-electron chi connectivity index (χ3n) is 3.07. The highest BCUT2D eigenvalue weighted by Crippen LogP contribution is 2.18. The van der Waals surface area contributed by atoms with Gasteiger partial charge in [-0.15, -0.1) is 0 Å². The Morgan fingerprint density at radius 2 is 2.38 bits per heavy atom. The van der Waals surface area contributed by atoms with E-state index in [4.69, 9.17) is 4.52 Å². The van der Waals surface area contributed by atoms with E-state index in [2.05, 4.69) is 27.5 Å². The smallest absolute Gasteiger partial charge is 0.240 e. The zero-order valence-electron chi connectivity index (χ0n) is 12.0. The lowest BCUT2D eigenvalue weighted by molar-refractivity contribution is 0.350. The average molecular weight is 303 g/mol. The number of hydrogen-bond donors (Lipinski definition) is 1. The number of rotatable bonds is 6. The Hall–Kier alpha value is -1.99. The highest BCUT2D eigenvalue weighted by molar-refractivity contribution is 7.08. The molecule has 0 aliphatic carbocycles. The van der Waals surface area contributed by atoms with Crippen LogP contribution in [-0.2, 0) is 13.1 Å². The minimum atomic E-state index is 0.265. The summed E-state index contributed by atoms with van der Waals surface area (Å²) in [6.45, 7) is 5.50. The van der Waals surface area contributed by atoms with E-state index in [1.54, 1.807) is 11.3 Å². The van der Waals surface area contributed by atoms with E-state index in [1.807, 2.05) is 40.8 Å². The summed E-state index contributed by atoms with van der Waals surface area (Å²) in [6.07, 6.45) is 3.89. The first-order valence-electron chi connectivity index (χ1n) is 6.78. The second-order valence-electron chi connectivity index (χ2n) is 5.05. The van der Waals surface area contributed by atoms with E-state index in [0.29, 0.717) is 18.3 Å². The summed E-state index contributed by atoms with van der Waals surface area (Å²) in [5.41, 5.74) is 2.16. The molecule has 3 aromatic rings. The number of nitrogens with zero attached hydrogens (tertiary/aromatic N) is 4. The molecule has 0 fully saturated rings. The van der Waals surface area contributed by atoms with Crippen molar-refractivity contribution >= 4 is 11.3 Å². The van der Waals surface area contributed by atoms with Crippen LogP contribution in [0.1, 0.15) is 18.4 Å². The molecule has 21 heavy (non-hydrogen) atoms. The first-order valence-corrected chi connectivity index (χ1v) is 7.72. The van der Waals surface area contributed by atoms with Gasteiger partial charge in [-0.2, -0.15) is 21.4 Å². The minimum absolute atomic E-state index is 0.265. The van der Waals surface area contributed by atoms with Gasteiger partial charge < -0.3 is 9.84 Å². The van der Waals surface area contributed by atoms with Crippen LogP contribution >= 0.6 is 11.3 Å². The van der Waals surface area contributed by atoms with E-state index < -0.39 is 0 Å². The molecule has 0 unspecified atom stereocenters. The quantitative estimate of drug-likeness (QED) is 0.757. The highest BCUT2D eigenvalue weighted by Gasteiger charge is 2.10. The van der Waals surface area contributed by atoms with Crippen molar-refractivity contribution in [2.24, 2.45) is 0 Å². The molecule has 0 bridgehead atoms. The monoisotopic (exact) mass is 303 g/mol. The van der Waals surface area contributed by atoms with Crippen molar-refractivity contribution in [2.45, 2.75) is 33.0 Å². The predicted molar refractivity (Wildman–Crippen MR) is 80.9 cm³/mol. The van der Waals surface area contributed by atoms with Crippen molar-refractivity contribution in [3.8, 4) is 11.4 Å². The maximum Gasteiger partial charge on any atom is 0.240 e. The van der Waals surface area contributed by atoms with Crippen LogP contribution in [0.4, 0.5) is 0 Å². The van der Waals surface area contributed by atoms with E-state index in [-0.39, 0.29) is 6.04 Å². The summed E-state index contributed by atoms with van der Waals surface area (Å²) in [4.78, 5) is 4.38. The predicted octanol–water partition coefficient (Wildman–Crippen LogP) is 2.48. The third kappa shape index (κ3) is 3.56. The van der Waals surface area contributed by atoms with E-state index in [0.717, 1.165) is 12.1 Å². The molecule has 3 rings (SSSR count). The van der Waals surface area contributed by atoms with Crippen molar-refractivity contribution < 1.29 is 4.52 Å². The molecule has 0 aliphatic heterocycles. The van der Waals surface area contributed by atoms with Gasteiger partial charge in [-0.3, -0.25) is 4.68 Å². The van der Waals surface area contributed by atoms with Gasteiger partial charge in [0.2, 0.25) is 11.7 Å². The second-order valence-corrected chi connectivity index (χ2v) is 5.83. The number of aryl methyl sites for hydroxylation is 1. The van der Waals surface area contributed by atoms with E-state index in [9.17, 15) is 0 Å². The largest absolute Gasteiger partial charge is 0.338 e. The van der Waals surface area contributed by atoms with E-state index >= 15 is 0 Å². The van der Waals surface area contributed by atoms with Gasteiger partial charge in [0.1, 0.15) is 0 Å². The van der Waals surface area contributed by atoms with Crippen LogP contribution in [0.15, 0.2) is 33.7 Å². The lowest BCUT2D eigenvalue weighted by Gasteiger charge is -2.11. The van der Waals surface area contributed by atoms with Gasteiger partial charge in [0, 0.05) is 23.2 Å². The third-order valence-corrected chi connectivity index (χ3v) is 3.76. The van der Waals surface area contributed by atoms with Gasteiger partial charge in [0.05, 0.1) is 19.3 Å². The molecular formula is C14H17N5OS. The minimum Gasteiger partial charge on any atom is -0.338 e. The molecule has 7 heteroatoms. The molecule has 1 N–H and O–H groups in total. The molecule has 3 heterocycles. The fourth-order valence-corrected chi connectivity index (χ4v) is 2.64. The van der Waals surface area contributed by atoms with Crippen LogP contribution in [0.2, 0.25) is 0 Å². The Balaban J connectivity index is 1.53. The lowest BCUT2D eigenvalue weighted by atomic mass is 10.3. The summed E-state index contributed by atoms with van der Waals surface area (Å²) >= 11 is 1.62. The maximum atomic E-state index is 5.25. The molecule has 0 saturated heterocycles. The Labute approximate surface area is 126 Å². The summed E-state index contributed by atoms with van der Waals surface area (Å²) in [5, 5.41) is 15.6. The fraction of sp³-hybridized carbons (Fsp3) is 0.357. The van der Waals surface area contributed by atoms with Crippen LogP contribution in [0, 0.1) is 6.92 Å². The fourth-order valence-electron chi connectivity index (χ4n) is 2.01. The van der Waals surface area contributed by atoms with Crippen LogP contribution in [0.3, 0.4) is 0 Å². The van der Waals surface area contributed by atoms with Crippen molar-refractivity contribution in [3.63, 3.8) is 0 Å². The number of thiophene rings is 1. The molecule has 6 nitrogen and oxygen atoms in total. The van der Waals surface area contributed by atoms with Gasteiger partial charge in [-0.25, -0.2) is 0 Å². The molecule has 0 amide bonds. The number of hydrogen-bond acceptors (Lipinski definition) is 6. The Bertz CT molecular complexity index is 688. The van der Waals surface area contributed by atoms with Gasteiger partial charge >= 0.3 is 0 Å². The topological polar surface area (TPSA) is 68.8 Å². The first-order chi connectivity index (χ1) is 10.2. The summed E-state index contributed by atoms with van der Waals surface area (Å²) in [7, 11) is 0. The molecule has 0 radical (unpaired) electrons. The van der Waals surface area contributed by atoms with Crippen LogP contribution in [0.25, 0.3) is 11.4 Å². The standard InChI is InChI=1S/C14H17N5OS/c1-10-5-16-19(7-10)8-11(2)15-6-13-17-14(18-20-13)12-3-4-21-9-12/h3-5,7,9,11,15H,6,8H2,1-2H3/t11-/m1/s1. The lowest BCUT2D eigenvalue weighted by Crippen LogP contribution is -2.30. The van der Waals surface area contributed by atoms with Crippen molar-refractivity contribution in [2.75, 3.05) is 0 Å². The number of aromatic nitrogens is 4. The van der Waals surface area contributed by atoms with Gasteiger partial charge in [0.15, 0.2) is 0 Å². The van der Waals surface area contributed by atoms with Gasteiger partial charge in [-0.1, -0.05) is 5.16 Å². The van der Waals surface area contributed by atoms with Crippen LogP contribution < -0.4 is 5.32 Å². The molecule has 1 atom stereocenters. The van der Waals surface area contributed by atoms with E-state index in [1.165, 1.54) is 5.56 Å². The Morgan fingerprint density at radius 1 is 1.48 bits per heavy atom. The molecule has 0 saturated carbocycles. The zero-order valence-corrected chi connectivity index (χ0v) is 12.8. The second kappa shape index (κ2) is 6.19. The van der Waals surface area contributed by atoms with Crippen LogP contribution in [-0.4, -0.2) is 26.0 Å². The van der Waals surface area contributed by atoms with Crippen molar-refractivity contribution in [1.29, 1.82) is 0 Å². The molecule has 0 aromatic carbocycles. The van der Waals surface area contributed by atoms with Crippen LogP contribution in [0.5, 0.6) is 0 Å². The average Bonchev–Trinajstić information content (AvgIpc) is 3.17. The Kier molecular flexibility index (Phi) is 4.12. The molecular weight excluding hydrogens is 286 g/mol. The maximum absolute atomic E-state index is 5.25. The van der Waals surface area contributed by atoms with Gasteiger partial charge in [-0.05, 0) is 30.9 Å². The number of nitrogens with one attached hydrogen (secondary N) is 1. The summed E-state index contributed by atoms with van der Waals surface area (Å²) < 4.78 is 7.18. The molecule has 110 valence electrons. The Morgan fingerprint density at radius 3 is 3.10 bits per heavy atom.